The van der Waals surface area contributed by atoms with E-state index in [0.29, 0.717) is 32.0 Å². The monoisotopic (exact) mass is 310 g/mol. The van der Waals surface area contributed by atoms with Gasteiger partial charge in [-0.25, -0.2) is 9.59 Å². The average Bonchev–Trinajstić information content (AvgIpc) is 2.79. The summed E-state index contributed by atoms with van der Waals surface area (Å²) in [6.07, 6.45) is -0.320. The second-order valence-corrected chi connectivity index (χ2v) is 6.27. The summed E-state index contributed by atoms with van der Waals surface area (Å²) in [7, 11) is 1.60. The molecule has 1 saturated heterocycles. The Morgan fingerprint density at radius 1 is 1.23 bits per heavy atom. The van der Waals surface area contributed by atoms with Crippen LogP contribution in [0.25, 0.3) is 0 Å². The van der Waals surface area contributed by atoms with E-state index < -0.39 is 11.6 Å². The van der Waals surface area contributed by atoms with Crippen molar-refractivity contribution in [3.8, 4) is 0 Å². The number of anilines is 1. The van der Waals surface area contributed by atoms with Crippen molar-refractivity contribution in [2.24, 2.45) is 7.05 Å². The molecule has 0 atom stereocenters. The third-order valence-electron chi connectivity index (χ3n) is 3.34. The molecule has 1 aliphatic rings. The van der Waals surface area contributed by atoms with Gasteiger partial charge in [0.05, 0.1) is 0 Å². The van der Waals surface area contributed by atoms with Gasteiger partial charge < -0.3 is 19.6 Å². The Bertz CT molecular complexity index is 568. The number of carboxylic acids is 1. The summed E-state index contributed by atoms with van der Waals surface area (Å²) in [6.45, 7) is 7.74. The van der Waals surface area contributed by atoms with Crippen LogP contribution in [0.1, 0.15) is 31.3 Å². The number of ether oxygens (including phenoxy) is 1. The van der Waals surface area contributed by atoms with Gasteiger partial charge in [-0.3, -0.25) is 4.68 Å². The molecule has 1 aliphatic heterocycles. The Labute approximate surface area is 129 Å². The highest BCUT2D eigenvalue weighted by atomic mass is 16.6. The minimum absolute atomic E-state index is 0.143. The van der Waals surface area contributed by atoms with Crippen molar-refractivity contribution in [3.63, 3.8) is 0 Å². The van der Waals surface area contributed by atoms with Gasteiger partial charge in [0, 0.05) is 39.3 Å². The van der Waals surface area contributed by atoms with Crippen LogP contribution in [-0.4, -0.2) is 63.6 Å². The van der Waals surface area contributed by atoms with Crippen molar-refractivity contribution < 1.29 is 19.4 Å². The number of hydrogen-bond acceptors (Lipinski definition) is 5. The van der Waals surface area contributed by atoms with Gasteiger partial charge >= 0.3 is 12.1 Å². The molecular weight excluding hydrogens is 288 g/mol. The molecule has 122 valence electrons. The Morgan fingerprint density at radius 2 is 1.82 bits per heavy atom. The third-order valence-corrected chi connectivity index (χ3v) is 3.34. The molecule has 1 amide bonds. The number of nitrogens with zero attached hydrogens (tertiary/aromatic N) is 4. The molecule has 0 aliphatic carbocycles. The standard InChI is InChI=1S/C14H22N4O4/c1-14(2,3)22-13(21)18-7-5-17(6-8-18)11-9-10(12(19)20)16(4)15-11/h9H,5-8H2,1-4H3,(H,19,20). The van der Waals surface area contributed by atoms with Crippen LogP contribution >= 0.6 is 0 Å². The highest BCUT2D eigenvalue weighted by Crippen LogP contribution is 2.18. The van der Waals surface area contributed by atoms with Crippen molar-refractivity contribution >= 4 is 17.9 Å². The van der Waals surface area contributed by atoms with E-state index in [-0.39, 0.29) is 11.8 Å². The lowest BCUT2D eigenvalue weighted by molar-refractivity contribution is 0.0240. The average molecular weight is 310 g/mol. The zero-order valence-corrected chi connectivity index (χ0v) is 13.4. The van der Waals surface area contributed by atoms with Crippen molar-refractivity contribution in [1.29, 1.82) is 0 Å². The summed E-state index contributed by atoms with van der Waals surface area (Å²) < 4.78 is 6.69. The predicted octanol–water partition coefficient (Wildman–Crippen LogP) is 1.18. The van der Waals surface area contributed by atoms with E-state index in [1.54, 1.807) is 18.0 Å². The molecule has 0 unspecified atom stereocenters. The molecule has 0 bridgehead atoms. The van der Waals surface area contributed by atoms with E-state index in [1.807, 2.05) is 25.7 Å². The first-order chi connectivity index (χ1) is 10.2. The first-order valence-electron chi connectivity index (χ1n) is 7.17. The van der Waals surface area contributed by atoms with Crippen molar-refractivity contribution in [2.45, 2.75) is 26.4 Å². The lowest BCUT2D eigenvalue weighted by Gasteiger charge is -2.35. The van der Waals surface area contributed by atoms with Crippen LogP contribution < -0.4 is 4.90 Å². The number of carboxylic acid groups (broad SMARTS) is 1. The number of hydrogen-bond donors (Lipinski definition) is 1. The van der Waals surface area contributed by atoms with Gasteiger partial charge in [0.2, 0.25) is 0 Å². The number of aryl methyl sites for hydroxylation is 1. The number of carbonyl (C=O) groups excluding carboxylic acids is 1. The molecule has 1 aromatic rings. The summed E-state index contributed by atoms with van der Waals surface area (Å²) in [5.74, 6) is -0.391. The Hall–Kier alpha value is -2.25. The molecule has 8 nitrogen and oxygen atoms in total. The van der Waals surface area contributed by atoms with E-state index in [1.165, 1.54) is 4.68 Å². The van der Waals surface area contributed by atoms with Gasteiger partial charge in [0.1, 0.15) is 11.3 Å². The van der Waals surface area contributed by atoms with E-state index in [0.717, 1.165) is 0 Å². The Kier molecular flexibility index (Phi) is 4.30. The number of carbonyl (C=O) groups is 2. The molecule has 1 N–H and O–H groups in total. The smallest absolute Gasteiger partial charge is 0.410 e. The summed E-state index contributed by atoms with van der Waals surface area (Å²) in [5.41, 5.74) is -0.365. The maximum atomic E-state index is 12.0. The predicted molar refractivity (Wildman–Crippen MR) is 80.2 cm³/mol. The first-order valence-corrected chi connectivity index (χ1v) is 7.17. The van der Waals surface area contributed by atoms with E-state index >= 15 is 0 Å². The quantitative estimate of drug-likeness (QED) is 0.882. The Morgan fingerprint density at radius 3 is 2.27 bits per heavy atom. The topological polar surface area (TPSA) is 87.9 Å². The summed E-state index contributed by atoms with van der Waals surface area (Å²) in [6, 6.07) is 1.55. The molecule has 22 heavy (non-hydrogen) atoms. The minimum atomic E-state index is -1.01. The van der Waals surface area contributed by atoms with Gasteiger partial charge in [0.25, 0.3) is 0 Å². The van der Waals surface area contributed by atoms with Crippen LogP contribution in [0.3, 0.4) is 0 Å². The van der Waals surface area contributed by atoms with Gasteiger partial charge in [-0.1, -0.05) is 0 Å². The highest BCUT2D eigenvalue weighted by Gasteiger charge is 2.27. The molecule has 1 fully saturated rings. The summed E-state index contributed by atoms with van der Waals surface area (Å²) in [5, 5.41) is 13.3. The fraction of sp³-hybridized carbons (Fsp3) is 0.643. The fourth-order valence-corrected chi connectivity index (χ4v) is 2.25. The normalized spacial score (nSPS) is 15.8. The van der Waals surface area contributed by atoms with Crippen molar-refractivity contribution in [2.75, 3.05) is 31.1 Å². The lowest BCUT2D eigenvalue weighted by atomic mass is 10.2. The Balaban J connectivity index is 1.96. The molecule has 0 saturated carbocycles. The third kappa shape index (κ3) is 3.69. The molecule has 2 heterocycles. The lowest BCUT2D eigenvalue weighted by Crippen LogP contribution is -2.50. The molecule has 2 rings (SSSR count). The maximum absolute atomic E-state index is 12.0. The van der Waals surface area contributed by atoms with Crippen molar-refractivity contribution in [3.05, 3.63) is 11.8 Å². The molecular formula is C14H22N4O4. The number of amides is 1. The SMILES string of the molecule is Cn1nc(N2CCN(C(=O)OC(C)(C)C)CC2)cc1C(=O)O. The van der Waals surface area contributed by atoms with Crippen LogP contribution in [0.5, 0.6) is 0 Å². The summed E-state index contributed by atoms with van der Waals surface area (Å²) >= 11 is 0. The highest BCUT2D eigenvalue weighted by molar-refractivity contribution is 5.86. The van der Waals surface area contributed by atoms with Crippen LogP contribution in [-0.2, 0) is 11.8 Å². The van der Waals surface area contributed by atoms with Gasteiger partial charge in [-0.2, -0.15) is 5.10 Å². The van der Waals surface area contributed by atoms with Gasteiger partial charge in [-0.05, 0) is 20.8 Å². The van der Waals surface area contributed by atoms with Crippen LogP contribution in [0, 0.1) is 0 Å². The maximum Gasteiger partial charge on any atom is 0.410 e. The number of rotatable bonds is 2. The van der Waals surface area contributed by atoms with Crippen molar-refractivity contribution in [1.82, 2.24) is 14.7 Å². The number of piperazine rings is 1. The van der Waals surface area contributed by atoms with E-state index in [2.05, 4.69) is 5.10 Å². The molecule has 0 spiro atoms. The number of aromatic carboxylic acids is 1. The zero-order valence-electron chi connectivity index (χ0n) is 13.4. The van der Waals surface area contributed by atoms with Crippen LogP contribution in [0.4, 0.5) is 10.6 Å². The van der Waals surface area contributed by atoms with E-state index in [4.69, 9.17) is 9.84 Å². The van der Waals surface area contributed by atoms with Gasteiger partial charge in [-0.15, -0.1) is 0 Å². The van der Waals surface area contributed by atoms with Crippen LogP contribution in [0.2, 0.25) is 0 Å². The molecule has 8 heteroatoms. The minimum Gasteiger partial charge on any atom is -0.477 e. The van der Waals surface area contributed by atoms with Crippen LogP contribution in [0.15, 0.2) is 6.07 Å². The fourth-order valence-electron chi connectivity index (χ4n) is 2.25. The second kappa shape index (κ2) is 5.86. The molecule has 0 aromatic carbocycles. The molecule has 0 radical (unpaired) electrons. The summed E-state index contributed by atoms with van der Waals surface area (Å²) in [4.78, 5) is 26.7. The first kappa shape index (κ1) is 16.1. The van der Waals surface area contributed by atoms with Gasteiger partial charge in [0.15, 0.2) is 5.82 Å². The largest absolute Gasteiger partial charge is 0.477 e. The second-order valence-electron chi connectivity index (χ2n) is 6.27. The number of aromatic nitrogens is 2. The van der Waals surface area contributed by atoms with E-state index in [9.17, 15) is 9.59 Å². The zero-order chi connectivity index (χ0) is 16.5. The molecule has 1 aromatic heterocycles.